The maximum absolute atomic E-state index is 10.6. The molecule has 0 saturated carbocycles. The molecule has 0 aliphatic carbocycles. The molecule has 0 aromatic carbocycles. The van der Waals surface area contributed by atoms with Gasteiger partial charge in [-0.25, -0.2) is 0 Å². The summed E-state index contributed by atoms with van der Waals surface area (Å²) in [6, 6.07) is 0. The number of aromatic nitrogens is 3. The van der Waals surface area contributed by atoms with Crippen molar-refractivity contribution in [3.05, 3.63) is 5.82 Å². The smallest absolute Gasteiger partial charge is 0.313 e. The summed E-state index contributed by atoms with van der Waals surface area (Å²) in [4.78, 5) is 10.6. The molecule has 0 bridgehead atoms. The number of nitrogens with zero attached hydrogens (tertiary/aromatic N) is 3. The molecule has 0 radical (unpaired) electrons. The lowest BCUT2D eigenvalue weighted by molar-refractivity contribution is -0.133. The predicted molar refractivity (Wildman–Crippen MR) is 68.9 cm³/mol. The number of carbonyl (C=O) groups is 1. The lowest BCUT2D eigenvalue weighted by Crippen LogP contribution is -2.11. The second kappa shape index (κ2) is 8.10. The number of aliphatic carboxylic acids is 1. The molecule has 0 aliphatic rings. The van der Waals surface area contributed by atoms with Crippen LogP contribution in [0.15, 0.2) is 5.16 Å². The molecule has 0 spiro atoms. The minimum absolute atomic E-state index is 0.00110. The van der Waals surface area contributed by atoms with Gasteiger partial charge < -0.3 is 14.4 Å². The summed E-state index contributed by atoms with van der Waals surface area (Å²) in [6.07, 6.45) is 1.82. The van der Waals surface area contributed by atoms with Gasteiger partial charge in [0.15, 0.2) is 5.16 Å². The SMILES string of the molecule is CCCc1nnc(SCC(=O)O)n1CCOCC. The zero-order chi connectivity index (χ0) is 13.4. The fourth-order valence-electron chi connectivity index (χ4n) is 1.49. The zero-order valence-electron chi connectivity index (χ0n) is 10.8. The van der Waals surface area contributed by atoms with E-state index in [-0.39, 0.29) is 5.75 Å². The fraction of sp³-hybridized carbons (Fsp3) is 0.727. The minimum atomic E-state index is -0.851. The standard InChI is InChI=1S/C11H19N3O3S/c1-3-5-9-12-13-11(18-8-10(15)16)14(9)6-7-17-4-2/h3-8H2,1-2H3,(H,15,16). The van der Waals surface area contributed by atoms with E-state index in [0.29, 0.717) is 24.9 Å². The van der Waals surface area contributed by atoms with Crippen molar-refractivity contribution >= 4 is 17.7 Å². The summed E-state index contributed by atoms with van der Waals surface area (Å²) >= 11 is 1.19. The Morgan fingerprint density at radius 2 is 2.22 bits per heavy atom. The van der Waals surface area contributed by atoms with E-state index in [1.807, 2.05) is 11.5 Å². The van der Waals surface area contributed by atoms with Crippen molar-refractivity contribution in [3.63, 3.8) is 0 Å². The average molecular weight is 273 g/mol. The molecule has 1 rings (SSSR count). The van der Waals surface area contributed by atoms with Crippen LogP contribution >= 0.6 is 11.8 Å². The third-order valence-electron chi connectivity index (χ3n) is 2.26. The molecule has 0 aliphatic heterocycles. The molecule has 1 aromatic rings. The van der Waals surface area contributed by atoms with Crippen molar-refractivity contribution in [1.29, 1.82) is 0 Å². The van der Waals surface area contributed by atoms with E-state index in [2.05, 4.69) is 17.1 Å². The van der Waals surface area contributed by atoms with Gasteiger partial charge in [-0.3, -0.25) is 4.79 Å². The van der Waals surface area contributed by atoms with E-state index in [9.17, 15) is 4.79 Å². The lowest BCUT2D eigenvalue weighted by atomic mass is 10.3. The number of hydrogen-bond acceptors (Lipinski definition) is 5. The Morgan fingerprint density at radius 3 is 2.83 bits per heavy atom. The quantitative estimate of drug-likeness (QED) is 0.542. The number of aryl methyl sites for hydroxylation is 1. The Bertz CT molecular complexity index is 382. The van der Waals surface area contributed by atoms with Crippen LogP contribution in [-0.2, 0) is 22.5 Å². The first-order valence-electron chi connectivity index (χ1n) is 6.03. The molecule has 6 nitrogen and oxygen atoms in total. The predicted octanol–water partition coefficient (Wildman–Crippen LogP) is 1.44. The number of carboxylic acids is 1. The third kappa shape index (κ3) is 4.66. The summed E-state index contributed by atoms with van der Waals surface area (Å²) < 4.78 is 7.27. The molecule has 1 heterocycles. The van der Waals surface area contributed by atoms with E-state index in [1.165, 1.54) is 11.8 Å². The Kier molecular flexibility index (Phi) is 6.74. The van der Waals surface area contributed by atoms with Crippen LogP contribution in [0.1, 0.15) is 26.1 Å². The molecular formula is C11H19N3O3S. The summed E-state index contributed by atoms with van der Waals surface area (Å²) in [5, 5.41) is 17.5. The molecule has 1 aromatic heterocycles. The Labute approximate surface area is 111 Å². The van der Waals surface area contributed by atoms with Gasteiger partial charge >= 0.3 is 5.97 Å². The van der Waals surface area contributed by atoms with Crippen LogP contribution in [0.4, 0.5) is 0 Å². The number of rotatable bonds is 9. The molecule has 7 heteroatoms. The number of thioether (sulfide) groups is 1. The van der Waals surface area contributed by atoms with Crippen LogP contribution in [0.5, 0.6) is 0 Å². The van der Waals surface area contributed by atoms with Gasteiger partial charge in [0, 0.05) is 19.6 Å². The first-order valence-corrected chi connectivity index (χ1v) is 7.02. The van der Waals surface area contributed by atoms with Crippen LogP contribution in [0.2, 0.25) is 0 Å². The first-order chi connectivity index (χ1) is 8.69. The van der Waals surface area contributed by atoms with Gasteiger partial charge in [0.2, 0.25) is 0 Å². The van der Waals surface area contributed by atoms with Crippen molar-refractivity contribution < 1.29 is 14.6 Å². The highest BCUT2D eigenvalue weighted by molar-refractivity contribution is 7.99. The van der Waals surface area contributed by atoms with Crippen LogP contribution in [0.3, 0.4) is 0 Å². The number of carboxylic acid groups (broad SMARTS) is 1. The van der Waals surface area contributed by atoms with E-state index in [4.69, 9.17) is 9.84 Å². The highest BCUT2D eigenvalue weighted by atomic mass is 32.2. The second-order valence-electron chi connectivity index (χ2n) is 3.68. The fourth-order valence-corrected chi connectivity index (χ4v) is 2.19. The molecule has 1 N–H and O–H groups in total. The van der Waals surface area contributed by atoms with Crippen molar-refractivity contribution in [2.24, 2.45) is 0 Å². The van der Waals surface area contributed by atoms with Gasteiger partial charge in [0.05, 0.1) is 12.4 Å². The van der Waals surface area contributed by atoms with Gasteiger partial charge in [-0.15, -0.1) is 10.2 Å². The zero-order valence-corrected chi connectivity index (χ0v) is 11.6. The highest BCUT2D eigenvalue weighted by Crippen LogP contribution is 2.17. The van der Waals surface area contributed by atoms with E-state index < -0.39 is 5.97 Å². The largest absolute Gasteiger partial charge is 0.481 e. The van der Waals surface area contributed by atoms with Crippen molar-refractivity contribution in [1.82, 2.24) is 14.8 Å². The van der Waals surface area contributed by atoms with Crippen LogP contribution in [0, 0.1) is 0 Å². The average Bonchev–Trinajstić information content (AvgIpc) is 2.70. The lowest BCUT2D eigenvalue weighted by Gasteiger charge is -2.09. The molecular weight excluding hydrogens is 254 g/mol. The van der Waals surface area contributed by atoms with Crippen LogP contribution < -0.4 is 0 Å². The van der Waals surface area contributed by atoms with Gasteiger partial charge in [0.25, 0.3) is 0 Å². The first kappa shape index (κ1) is 15.0. The van der Waals surface area contributed by atoms with Crippen LogP contribution in [-0.4, -0.2) is 44.8 Å². The summed E-state index contributed by atoms with van der Waals surface area (Å²) in [6.45, 7) is 5.94. The van der Waals surface area contributed by atoms with Gasteiger partial charge in [0.1, 0.15) is 5.82 Å². The molecule has 0 saturated heterocycles. The van der Waals surface area contributed by atoms with E-state index in [1.54, 1.807) is 0 Å². The molecule has 18 heavy (non-hydrogen) atoms. The Morgan fingerprint density at radius 1 is 1.44 bits per heavy atom. The second-order valence-corrected chi connectivity index (χ2v) is 4.62. The number of ether oxygens (including phenoxy) is 1. The van der Waals surface area contributed by atoms with Crippen molar-refractivity contribution in [3.8, 4) is 0 Å². The summed E-state index contributed by atoms with van der Waals surface area (Å²) in [5.74, 6) is 0.0419. The van der Waals surface area contributed by atoms with Gasteiger partial charge in [-0.2, -0.15) is 0 Å². The van der Waals surface area contributed by atoms with Crippen LogP contribution in [0.25, 0.3) is 0 Å². The summed E-state index contributed by atoms with van der Waals surface area (Å²) in [7, 11) is 0. The maximum atomic E-state index is 10.6. The monoisotopic (exact) mass is 273 g/mol. The number of hydrogen-bond donors (Lipinski definition) is 1. The highest BCUT2D eigenvalue weighted by Gasteiger charge is 2.13. The maximum Gasteiger partial charge on any atom is 0.313 e. The third-order valence-corrected chi connectivity index (χ3v) is 3.21. The van der Waals surface area contributed by atoms with E-state index in [0.717, 1.165) is 18.7 Å². The molecule has 0 unspecified atom stereocenters. The molecule has 0 atom stereocenters. The normalized spacial score (nSPS) is 10.8. The Balaban J connectivity index is 2.71. The van der Waals surface area contributed by atoms with E-state index >= 15 is 0 Å². The van der Waals surface area contributed by atoms with Crippen molar-refractivity contribution in [2.75, 3.05) is 19.0 Å². The molecule has 0 fully saturated rings. The topological polar surface area (TPSA) is 77.2 Å². The Hall–Kier alpha value is -1.08. The molecule has 0 amide bonds. The minimum Gasteiger partial charge on any atom is -0.481 e. The molecule has 102 valence electrons. The summed E-state index contributed by atoms with van der Waals surface area (Å²) in [5.41, 5.74) is 0. The van der Waals surface area contributed by atoms with Gasteiger partial charge in [-0.05, 0) is 13.3 Å². The van der Waals surface area contributed by atoms with Crippen molar-refractivity contribution in [2.45, 2.75) is 38.4 Å². The van der Waals surface area contributed by atoms with Gasteiger partial charge in [-0.1, -0.05) is 18.7 Å².